The van der Waals surface area contributed by atoms with Crippen molar-refractivity contribution in [1.29, 1.82) is 0 Å². The first-order valence-corrected chi connectivity index (χ1v) is 9.13. The van der Waals surface area contributed by atoms with Crippen LogP contribution in [-0.4, -0.2) is 33.3 Å². The SMILES string of the molecule is O=[N+]([O-])c1cc(Cl)ccc1S(=O)(=O)CCS(=O)(=O)Cl. The second kappa shape index (κ2) is 5.61. The van der Waals surface area contributed by atoms with Crippen molar-refractivity contribution >= 4 is 46.9 Å². The van der Waals surface area contributed by atoms with Crippen LogP contribution in [0.25, 0.3) is 0 Å². The van der Waals surface area contributed by atoms with Gasteiger partial charge in [-0.1, -0.05) is 11.6 Å². The molecule has 0 bridgehead atoms. The zero-order chi connectivity index (χ0) is 14.8. The van der Waals surface area contributed by atoms with Crippen LogP contribution in [0.15, 0.2) is 23.1 Å². The fraction of sp³-hybridized carbons (Fsp3) is 0.250. The lowest BCUT2D eigenvalue weighted by Crippen LogP contribution is -2.15. The summed E-state index contributed by atoms with van der Waals surface area (Å²) < 4.78 is 45.1. The molecule has 0 fully saturated rings. The van der Waals surface area contributed by atoms with Crippen LogP contribution in [0.1, 0.15) is 0 Å². The maximum Gasteiger partial charge on any atom is 0.289 e. The van der Waals surface area contributed by atoms with E-state index in [1.165, 1.54) is 0 Å². The fourth-order valence-corrected chi connectivity index (χ4v) is 4.57. The monoisotopic (exact) mass is 347 g/mol. The maximum atomic E-state index is 11.8. The van der Waals surface area contributed by atoms with Gasteiger partial charge in [-0.25, -0.2) is 16.8 Å². The number of nitro benzene ring substituents is 1. The molecular weight excluding hydrogens is 341 g/mol. The summed E-state index contributed by atoms with van der Waals surface area (Å²) in [4.78, 5) is 9.26. The van der Waals surface area contributed by atoms with Crippen molar-refractivity contribution in [3.8, 4) is 0 Å². The summed E-state index contributed by atoms with van der Waals surface area (Å²) in [6.45, 7) is 0. The molecule has 0 unspecified atom stereocenters. The zero-order valence-corrected chi connectivity index (χ0v) is 12.3. The number of nitro groups is 1. The van der Waals surface area contributed by atoms with Gasteiger partial charge in [-0.05, 0) is 12.1 Å². The Kier molecular flexibility index (Phi) is 4.77. The predicted octanol–water partition coefficient (Wildman–Crippen LogP) is 1.59. The highest BCUT2D eigenvalue weighted by Crippen LogP contribution is 2.28. The summed E-state index contributed by atoms with van der Waals surface area (Å²) in [5.74, 6) is -1.68. The van der Waals surface area contributed by atoms with Gasteiger partial charge in [0.1, 0.15) is 4.90 Å². The third kappa shape index (κ3) is 4.60. The molecule has 0 aliphatic carbocycles. The zero-order valence-electron chi connectivity index (χ0n) is 9.12. The average Bonchev–Trinajstić information content (AvgIpc) is 2.25. The molecule has 1 rings (SSSR count). The van der Waals surface area contributed by atoms with Crippen LogP contribution in [0, 0.1) is 10.1 Å². The van der Waals surface area contributed by atoms with Crippen molar-refractivity contribution < 1.29 is 21.8 Å². The summed E-state index contributed by atoms with van der Waals surface area (Å²) in [6, 6.07) is 3.00. The van der Waals surface area contributed by atoms with Gasteiger partial charge in [-0.2, -0.15) is 0 Å². The van der Waals surface area contributed by atoms with E-state index in [9.17, 15) is 26.9 Å². The van der Waals surface area contributed by atoms with E-state index in [1.54, 1.807) is 0 Å². The van der Waals surface area contributed by atoms with E-state index >= 15 is 0 Å². The van der Waals surface area contributed by atoms with Crippen LogP contribution in [0.4, 0.5) is 5.69 Å². The first kappa shape index (κ1) is 16.2. The molecule has 11 heteroatoms. The van der Waals surface area contributed by atoms with Gasteiger partial charge in [-0.3, -0.25) is 10.1 Å². The molecule has 0 radical (unpaired) electrons. The molecule has 0 saturated carbocycles. The first-order valence-electron chi connectivity index (χ1n) is 4.62. The van der Waals surface area contributed by atoms with E-state index in [0.29, 0.717) is 0 Å². The van der Waals surface area contributed by atoms with E-state index in [0.717, 1.165) is 18.2 Å². The molecule has 0 spiro atoms. The quantitative estimate of drug-likeness (QED) is 0.454. The summed E-state index contributed by atoms with van der Waals surface area (Å²) in [5.41, 5.74) is -0.709. The molecule has 0 N–H and O–H groups in total. The summed E-state index contributed by atoms with van der Waals surface area (Å²) in [6.07, 6.45) is 0. The number of halogens is 2. The molecule has 0 heterocycles. The topological polar surface area (TPSA) is 111 Å². The molecule has 19 heavy (non-hydrogen) atoms. The lowest BCUT2D eigenvalue weighted by Gasteiger charge is -2.04. The lowest BCUT2D eigenvalue weighted by molar-refractivity contribution is -0.387. The van der Waals surface area contributed by atoms with E-state index in [1.807, 2.05) is 0 Å². The molecule has 0 aliphatic rings. The average molecular weight is 348 g/mol. The van der Waals surface area contributed by atoms with Gasteiger partial charge in [0.2, 0.25) is 9.05 Å². The van der Waals surface area contributed by atoms with Crippen molar-refractivity contribution in [3.05, 3.63) is 33.3 Å². The minimum Gasteiger partial charge on any atom is -0.258 e. The minimum atomic E-state index is -4.15. The van der Waals surface area contributed by atoms with Crippen molar-refractivity contribution in [2.24, 2.45) is 0 Å². The maximum absolute atomic E-state index is 11.8. The standard InChI is InChI=1S/C8H7Cl2NO6S2/c9-6-1-2-8(7(5-6)11(12)13)18(14,15)3-4-19(10,16)17/h1-2,5H,3-4H2. The van der Waals surface area contributed by atoms with Crippen LogP contribution < -0.4 is 0 Å². The third-order valence-electron chi connectivity index (χ3n) is 2.05. The third-order valence-corrected chi connectivity index (χ3v) is 5.45. The van der Waals surface area contributed by atoms with Crippen LogP contribution in [-0.2, 0) is 18.9 Å². The second-order valence-corrected chi connectivity index (χ2v) is 8.84. The Balaban J connectivity index is 3.25. The van der Waals surface area contributed by atoms with E-state index in [2.05, 4.69) is 0 Å². The Morgan fingerprint density at radius 1 is 1.16 bits per heavy atom. The van der Waals surface area contributed by atoms with Gasteiger partial charge < -0.3 is 0 Å². The van der Waals surface area contributed by atoms with Gasteiger partial charge in [0.15, 0.2) is 9.84 Å². The number of hydrogen-bond donors (Lipinski definition) is 0. The molecule has 0 saturated heterocycles. The van der Waals surface area contributed by atoms with Crippen molar-refractivity contribution in [3.63, 3.8) is 0 Å². The predicted molar refractivity (Wildman–Crippen MR) is 69.8 cm³/mol. The molecule has 0 aliphatic heterocycles. The summed E-state index contributed by atoms with van der Waals surface area (Å²) >= 11 is 5.54. The largest absolute Gasteiger partial charge is 0.289 e. The molecule has 0 amide bonds. The normalized spacial score (nSPS) is 12.3. The minimum absolute atomic E-state index is 0.00406. The molecule has 1 aromatic rings. The van der Waals surface area contributed by atoms with E-state index in [4.69, 9.17) is 22.3 Å². The Labute approximate surface area is 118 Å². The van der Waals surface area contributed by atoms with E-state index < -0.39 is 45.9 Å². The van der Waals surface area contributed by atoms with Crippen molar-refractivity contribution in [2.75, 3.05) is 11.5 Å². The van der Waals surface area contributed by atoms with Gasteiger partial charge in [0.05, 0.1) is 16.4 Å². The number of benzene rings is 1. The highest BCUT2D eigenvalue weighted by atomic mass is 35.7. The van der Waals surface area contributed by atoms with E-state index in [-0.39, 0.29) is 5.02 Å². The van der Waals surface area contributed by atoms with Crippen LogP contribution in [0.5, 0.6) is 0 Å². The molecular formula is C8H7Cl2NO6S2. The summed E-state index contributed by atoms with van der Waals surface area (Å²) in [7, 11) is -3.25. The second-order valence-electron chi connectivity index (χ2n) is 3.43. The molecule has 106 valence electrons. The Hall–Kier alpha value is -0.900. The first-order chi connectivity index (χ1) is 8.53. The van der Waals surface area contributed by atoms with Gasteiger partial charge >= 0.3 is 0 Å². The number of sulfone groups is 1. The van der Waals surface area contributed by atoms with Crippen LogP contribution in [0.3, 0.4) is 0 Å². The summed E-state index contributed by atoms with van der Waals surface area (Å²) in [5, 5.41) is 10.8. The Morgan fingerprint density at radius 3 is 2.21 bits per heavy atom. The highest BCUT2D eigenvalue weighted by Gasteiger charge is 2.27. The molecule has 1 aromatic carbocycles. The molecule has 0 aromatic heterocycles. The lowest BCUT2D eigenvalue weighted by atomic mass is 10.3. The fourth-order valence-electron chi connectivity index (χ4n) is 1.22. The van der Waals surface area contributed by atoms with Gasteiger partial charge in [0.25, 0.3) is 5.69 Å². The van der Waals surface area contributed by atoms with Gasteiger partial charge in [0, 0.05) is 21.8 Å². The Bertz CT molecular complexity index is 713. The van der Waals surface area contributed by atoms with Gasteiger partial charge in [-0.15, -0.1) is 0 Å². The molecule has 0 atom stereocenters. The number of nitrogens with zero attached hydrogens (tertiary/aromatic N) is 1. The smallest absolute Gasteiger partial charge is 0.258 e. The van der Waals surface area contributed by atoms with Crippen LogP contribution in [0.2, 0.25) is 5.02 Å². The number of hydrogen-bond acceptors (Lipinski definition) is 6. The van der Waals surface area contributed by atoms with Crippen LogP contribution >= 0.6 is 22.3 Å². The van der Waals surface area contributed by atoms with Crippen molar-refractivity contribution in [1.82, 2.24) is 0 Å². The number of rotatable bonds is 5. The molecule has 7 nitrogen and oxygen atoms in total. The highest BCUT2D eigenvalue weighted by molar-refractivity contribution is 8.14. The Morgan fingerprint density at radius 2 is 1.74 bits per heavy atom. The van der Waals surface area contributed by atoms with Crippen molar-refractivity contribution in [2.45, 2.75) is 4.90 Å².